The van der Waals surface area contributed by atoms with Crippen LogP contribution in [-0.4, -0.2) is 41.7 Å². The van der Waals surface area contributed by atoms with Crippen LogP contribution in [0.15, 0.2) is 9.98 Å². The molecule has 0 aliphatic carbocycles. The summed E-state index contributed by atoms with van der Waals surface area (Å²) in [4.78, 5) is 18.9. The molecule has 0 bridgehead atoms. The summed E-state index contributed by atoms with van der Waals surface area (Å²) in [5, 5.41) is 23.0. The van der Waals surface area contributed by atoms with Crippen molar-refractivity contribution in [3.63, 3.8) is 0 Å². The van der Waals surface area contributed by atoms with Crippen molar-refractivity contribution in [2.24, 2.45) is 9.98 Å². The van der Waals surface area contributed by atoms with E-state index in [1.807, 2.05) is 0 Å². The van der Waals surface area contributed by atoms with E-state index >= 15 is 0 Å². The quantitative estimate of drug-likeness (QED) is 0.539. The zero-order valence-electron chi connectivity index (χ0n) is 14.4. The highest BCUT2D eigenvalue weighted by atomic mass is 16.6. The minimum atomic E-state index is -0.874. The molecule has 0 radical (unpaired) electrons. The summed E-state index contributed by atoms with van der Waals surface area (Å²) in [5.41, 5.74) is -1.30. The number of hydrogen-bond acceptors (Lipinski definition) is 7. The minimum absolute atomic E-state index is 0.0471. The molecule has 0 spiro atoms. The molecule has 0 unspecified atom stereocenters. The Hall–Kier alpha value is -1.79. The summed E-state index contributed by atoms with van der Waals surface area (Å²) in [6.45, 7) is 11.7. The predicted octanol–water partition coefficient (Wildman–Crippen LogP) is 0.397. The molecule has 0 rings (SSSR count). The molecule has 0 aromatic rings. The summed E-state index contributed by atoms with van der Waals surface area (Å²) in [6, 6.07) is -0.874. The van der Waals surface area contributed by atoms with Crippen LogP contribution in [0.25, 0.3) is 0 Å². The first-order valence-corrected chi connectivity index (χ1v) is 7.15. The summed E-state index contributed by atoms with van der Waals surface area (Å²) >= 11 is 0. The Morgan fingerprint density at radius 3 is 1.86 bits per heavy atom. The van der Waals surface area contributed by atoms with Gasteiger partial charge in [0.1, 0.15) is 18.2 Å². The second-order valence-electron chi connectivity index (χ2n) is 6.89. The number of Topliss-reactive ketones (excluding diaryl/α,β-unsaturated/α-hetero) is 1. The Kier molecular flexibility index (Phi) is 7.35. The summed E-state index contributed by atoms with van der Waals surface area (Å²) in [6.07, 6.45) is -1.36. The third-order valence-corrected chi connectivity index (χ3v) is 2.16. The maximum Gasteiger partial charge on any atom is 0.154 e. The highest BCUT2D eigenvalue weighted by molar-refractivity contribution is 5.83. The fourth-order valence-corrected chi connectivity index (χ4v) is 1.35. The van der Waals surface area contributed by atoms with Crippen molar-refractivity contribution in [3.8, 4) is 0 Å². The number of carbonyl (C=O) groups excluding carboxylic acids is 1. The highest BCUT2D eigenvalue weighted by Crippen LogP contribution is 2.09. The lowest BCUT2D eigenvalue weighted by molar-refractivity contribution is -0.261. The average Bonchev–Trinajstić information content (AvgIpc) is 2.22. The Balaban J connectivity index is 4.65. The van der Waals surface area contributed by atoms with Gasteiger partial charge in [0, 0.05) is 17.7 Å². The van der Waals surface area contributed by atoms with Gasteiger partial charge >= 0.3 is 0 Å². The molecule has 128 valence electrons. The van der Waals surface area contributed by atoms with Gasteiger partial charge in [0.2, 0.25) is 0 Å². The largest absolute Gasteiger partial charge is 0.595 e. The second-order valence-corrected chi connectivity index (χ2v) is 6.89. The van der Waals surface area contributed by atoms with Crippen LogP contribution >= 0.6 is 0 Å². The van der Waals surface area contributed by atoms with Crippen LogP contribution in [0.2, 0.25) is 0 Å². The van der Waals surface area contributed by atoms with Crippen LogP contribution in [-0.2, 0) is 14.3 Å². The topological polar surface area (TPSA) is 106 Å². The number of hydrogen-bond donors (Lipinski definition) is 0. The van der Waals surface area contributed by atoms with Gasteiger partial charge in [-0.2, -0.15) is 0 Å². The molecule has 0 saturated heterocycles. The van der Waals surface area contributed by atoms with E-state index in [9.17, 15) is 15.0 Å². The fourth-order valence-electron chi connectivity index (χ4n) is 1.35. The first-order valence-electron chi connectivity index (χ1n) is 7.15. The van der Waals surface area contributed by atoms with Gasteiger partial charge in [-0.3, -0.25) is 14.8 Å². The van der Waals surface area contributed by atoms with Gasteiger partial charge in [-0.05, 0) is 13.3 Å². The van der Waals surface area contributed by atoms with Gasteiger partial charge in [0.15, 0.2) is 5.78 Å². The van der Waals surface area contributed by atoms with E-state index in [4.69, 9.17) is 9.47 Å². The fraction of sp³-hybridized carbons (Fsp3) is 0.800. The molecule has 0 fully saturated rings. The van der Waals surface area contributed by atoms with Crippen LogP contribution in [0.4, 0.5) is 0 Å². The van der Waals surface area contributed by atoms with Crippen molar-refractivity contribution in [2.75, 3.05) is 6.54 Å². The SMILES string of the molecule is CC(=O)[C@H](CCN=C([O-])OC(C)(C)C)N=C([O-])OC(C)(C)C. The number of ketones is 1. The second kappa shape index (κ2) is 8.00. The van der Waals surface area contributed by atoms with E-state index in [1.54, 1.807) is 41.5 Å². The average molecular weight is 314 g/mol. The summed E-state index contributed by atoms with van der Waals surface area (Å²) < 4.78 is 10.0. The van der Waals surface area contributed by atoms with Gasteiger partial charge in [-0.1, -0.05) is 41.5 Å². The third-order valence-electron chi connectivity index (χ3n) is 2.16. The molecule has 22 heavy (non-hydrogen) atoms. The molecule has 1 atom stereocenters. The zero-order valence-corrected chi connectivity index (χ0v) is 14.4. The molecule has 0 heterocycles. The number of carbonyl (C=O) groups is 1. The van der Waals surface area contributed by atoms with Crippen LogP contribution < -0.4 is 10.2 Å². The van der Waals surface area contributed by atoms with E-state index in [0.29, 0.717) is 0 Å². The Labute approximate surface area is 132 Å². The predicted molar refractivity (Wildman–Crippen MR) is 80.5 cm³/mol. The van der Waals surface area contributed by atoms with Crippen molar-refractivity contribution in [3.05, 3.63) is 0 Å². The first-order chi connectivity index (χ1) is 9.80. The Morgan fingerprint density at radius 2 is 1.45 bits per heavy atom. The number of aliphatic imine (C=N–C) groups is 2. The molecule has 0 aromatic carbocycles. The number of nitrogens with zero attached hydrogens (tertiary/aromatic N) is 2. The summed E-state index contributed by atoms with van der Waals surface area (Å²) in [5.74, 6) is -0.287. The van der Waals surface area contributed by atoms with Gasteiger partial charge in [0.05, 0.1) is 0 Å². The number of rotatable bonds is 5. The van der Waals surface area contributed by atoms with Crippen molar-refractivity contribution in [2.45, 2.75) is 72.1 Å². The van der Waals surface area contributed by atoms with E-state index in [1.165, 1.54) is 6.92 Å². The third kappa shape index (κ3) is 10.9. The van der Waals surface area contributed by atoms with Gasteiger partial charge < -0.3 is 19.7 Å². The lowest BCUT2D eigenvalue weighted by Gasteiger charge is -2.30. The molecular weight excluding hydrogens is 288 g/mol. The van der Waals surface area contributed by atoms with Crippen molar-refractivity contribution in [1.82, 2.24) is 0 Å². The molecule has 0 N–H and O–H groups in total. The van der Waals surface area contributed by atoms with Gasteiger partial charge in [-0.15, -0.1) is 0 Å². The van der Waals surface area contributed by atoms with E-state index in [-0.39, 0.29) is 18.7 Å². The zero-order chi connectivity index (χ0) is 17.6. The maximum atomic E-state index is 11.6. The van der Waals surface area contributed by atoms with Crippen LogP contribution in [0, 0.1) is 0 Å². The van der Waals surface area contributed by atoms with Gasteiger partial charge in [-0.25, -0.2) is 0 Å². The van der Waals surface area contributed by atoms with E-state index in [0.717, 1.165) is 0 Å². The Bertz CT molecular complexity index is 430. The Morgan fingerprint density at radius 1 is 1.00 bits per heavy atom. The minimum Gasteiger partial charge on any atom is -0.595 e. The van der Waals surface area contributed by atoms with Crippen molar-refractivity contribution in [1.29, 1.82) is 0 Å². The molecule has 0 aliphatic heterocycles. The monoisotopic (exact) mass is 314 g/mol. The molecule has 0 aliphatic rings. The van der Waals surface area contributed by atoms with Crippen molar-refractivity contribution < 1.29 is 24.5 Å². The summed E-state index contributed by atoms with van der Waals surface area (Å²) in [7, 11) is 0. The first kappa shape index (κ1) is 20.2. The highest BCUT2D eigenvalue weighted by Gasteiger charge is 2.13. The van der Waals surface area contributed by atoms with Crippen LogP contribution in [0.5, 0.6) is 0 Å². The number of ether oxygens (including phenoxy) is 2. The van der Waals surface area contributed by atoms with Gasteiger partial charge in [0.25, 0.3) is 0 Å². The normalized spacial score (nSPS) is 15.4. The molecule has 7 heteroatoms. The van der Waals surface area contributed by atoms with Crippen LogP contribution in [0.1, 0.15) is 54.9 Å². The van der Waals surface area contributed by atoms with Crippen LogP contribution in [0.3, 0.4) is 0 Å². The van der Waals surface area contributed by atoms with E-state index in [2.05, 4.69) is 9.98 Å². The molecule has 0 aromatic heterocycles. The molecular formula is C15H26N2O5-2. The molecule has 0 saturated carbocycles. The molecule has 0 amide bonds. The molecule has 7 nitrogen and oxygen atoms in total. The lowest BCUT2D eigenvalue weighted by atomic mass is 10.1. The standard InChI is InChI=1S/C15H28N2O5/c1-10(18)11(17-13(20)22-15(5,6)7)8-9-16-12(19)21-14(2,3)4/h11H,8-9H2,1-7H3,(H,16,19)(H,17,20)/p-2/t11-/m0/s1. The lowest BCUT2D eigenvalue weighted by Crippen LogP contribution is -2.34. The van der Waals surface area contributed by atoms with Crippen molar-refractivity contribution >= 4 is 18.0 Å². The smallest absolute Gasteiger partial charge is 0.154 e. The van der Waals surface area contributed by atoms with E-state index < -0.39 is 29.4 Å². The maximum absolute atomic E-state index is 11.6.